The first-order valence-corrected chi connectivity index (χ1v) is 6.98. The van der Waals surface area contributed by atoms with E-state index in [2.05, 4.69) is 0 Å². The third-order valence-corrected chi connectivity index (χ3v) is 4.19. The highest BCUT2D eigenvalue weighted by atomic mass is 35.5. The summed E-state index contributed by atoms with van der Waals surface area (Å²) in [5.74, 6) is -4.05. The quantitative estimate of drug-likeness (QED) is 0.868. The normalized spacial score (nSPS) is 12.7. The van der Waals surface area contributed by atoms with E-state index in [1.807, 2.05) is 0 Å². The Labute approximate surface area is 113 Å². The summed E-state index contributed by atoms with van der Waals surface area (Å²) in [6, 6.07) is 1.78. The number of sulfonamides is 1. The Hall–Kier alpha value is -0.830. The van der Waals surface area contributed by atoms with E-state index < -0.39 is 39.7 Å². The Morgan fingerprint density at radius 2 is 2.00 bits per heavy atom. The summed E-state index contributed by atoms with van der Waals surface area (Å²) in [4.78, 5) is -0.458. The zero-order chi connectivity index (χ0) is 14.8. The van der Waals surface area contributed by atoms with Crippen molar-refractivity contribution in [3.63, 3.8) is 0 Å². The zero-order valence-corrected chi connectivity index (χ0v) is 11.5. The molecule has 0 aliphatic heterocycles. The smallest absolute Gasteiger partial charge is 0.273 e. The molecule has 0 unspecified atom stereocenters. The fourth-order valence-corrected chi connectivity index (χ4v) is 2.85. The van der Waals surface area contributed by atoms with E-state index in [1.54, 1.807) is 4.72 Å². The van der Waals surface area contributed by atoms with Gasteiger partial charge in [-0.15, -0.1) is 0 Å². The molecule has 0 radical (unpaired) electrons. The Kier molecular flexibility index (Phi) is 4.83. The highest BCUT2D eigenvalue weighted by molar-refractivity contribution is 7.89. The maximum absolute atomic E-state index is 13.1. The van der Waals surface area contributed by atoms with Crippen LogP contribution in [0.3, 0.4) is 0 Å². The lowest BCUT2D eigenvalue weighted by atomic mass is 10.2. The molecule has 0 heterocycles. The summed E-state index contributed by atoms with van der Waals surface area (Å²) >= 11 is 5.60. The number of aryl methyl sites for hydroxylation is 1. The van der Waals surface area contributed by atoms with Crippen molar-refractivity contribution in [1.29, 1.82) is 0 Å². The third-order valence-electron chi connectivity index (χ3n) is 2.32. The molecule has 0 fully saturated rings. The van der Waals surface area contributed by atoms with Gasteiger partial charge in [-0.3, -0.25) is 0 Å². The molecule has 0 atom stereocenters. The van der Waals surface area contributed by atoms with Crippen LogP contribution in [0.1, 0.15) is 5.56 Å². The highest BCUT2D eigenvalue weighted by Gasteiger charge is 2.30. The van der Waals surface area contributed by atoms with Crippen LogP contribution in [0.15, 0.2) is 17.0 Å². The van der Waals surface area contributed by atoms with Crippen molar-refractivity contribution in [2.24, 2.45) is 5.73 Å². The van der Waals surface area contributed by atoms with Crippen LogP contribution in [-0.2, 0) is 10.0 Å². The molecule has 0 amide bonds. The molecule has 0 aliphatic carbocycles. The van der Waals surface area contributed by atoms with Gasteiger partial charge in [-0.1, -0.05) is 11.6 Å². The number of hydrogen-bond donors (Lipinski definition) is 2. The minimum absolute atomic E-state index is 0.0374. The van der Waals surface area contributed by atoms with Gasteiger partial charge in [0.1, 0.15) is 10.7 Å². The summed E-state index contributed by atoms with van der Waals surface area (Å²) < 4.78 is 64.2. The van der Waals surface area contributed by atoms with Crippen molar-refractivity contribution >= 4 is 21.6 Å². The van der Waals surface area contributed by atoms with Crippen molar-refractivity contribution in [2.75, 3.05) is 13.1 Å². The molecule has 9 heteroatoms. The van der Waals surface area contributed by atoms with Crippen LogP contribution in [0.4, 0.5) is 13.2 Å². The van der Waals surface area contributed by atoms with Crippen LogP contribution in [0.5, 0.6) is 0 Å². The number of rotatable bonds is 5. The Morgan fingerprint density at radius 3 is 2.53 bits per heavy atom. The van der Waals surface area contributed by atoms with E-state index in [9.17, 15) is 21.6 Å². The van der Waals surface area contributed by atoms with Crippen molar-refractivity contribution in [3.8, 4) is 0 Å². The number of halogens is 4. The molecule has 0 aromatic heterocycles. The zero-order valence-electron chi connectivity index (χ0n) is 9.88. The van der Waals surface area contributed by atoms with Gasteiger partial charge < -0.3 is 5.73 Å². The number of hydrogen-bond acceptors (Lipinski definition) is 3. The summed E-state index contributed by atoms with van der Waals surface area (Å²) in [5.41, 5.74) is 4.83. The highest BCUT2D eigenvalue weighted by Crippen LogP contribution is 2.25. The largest absolute Gasteiger partial charge is 0.325 e. The molecule has 0 saturated carbocycles. The molecule has 4 nitrogen and oxygen atoms in total. The Balaban J connectivity index is 3.05. The second-order valence-electron chi connectivity index (χ2n) is 3.92. The average Bonchev–Trinajstić information content (AvgIpc) is 2.31. The van der Waals surface area contributed by atoms with Gasteiger partial charge in [0, 0.05) is 0 Å². The van der Waals surface area contributed by atoms with E-state index in [0.29, 0.717) is 0 Å². The van der Waals surface area contributed by atoms with Crippen LogP contribution in [0, 0.1) is 12.7 Å². The molecule has 0 bridgehead atoms. The molecule has 0 saturated heterocycles. The second-order valence-corrected chi connectivity index (χ2v) is 6.06. The molecule has 1 aromatic rings. The predicted octanol–water partition coefficient (Wildman–Crippen LogP) is 1.66. The SMILES string of the molecule is Cc1cc(S(=O)(=O)NCC(F)(F)CN)c(Cl)cc1F. The van der Waals surface area contributed by atoms with Gasteiger partial charge in [-0.2, -0.15) is 0 Å². The number of nitrogens with one attached hydrogen (secondary N) is 1. The molecule has 1 aromatic carbocycles. The summed E-state index contributed by atoms with van der Waals surface area (Å²) in [6.07, 6.45) is 0. The summed E-state index contributed by atoms with van der Waals surface area (Å²) in [7, 11) is -4.26. The van der Waals surface area contributed by atoms with Crippen molar-refractivity contribution in [3.05, 3.63) is 28.5 Å². The molecular formula is C10H12ClF3N2O2S. The number of alkyl halides is 2. The number of benzene rings is 1. The van der Waals surface area contributed by atoms with E-state index in [4.69, 9.17) is 17.3 Å². The average molecular weight is 317 g/mol. The van der Waals surface area contributed by atoms with Crippen molar-refractivity contribution < 1.29 is 21.6 Å². The Morgan fingerprint density at radius 1 is 1.42 bits per heavy atom. The minimum atomic E-state index is -4.26. The fraction of sp³-hybridized carbons (Fsp3) is 0.400. The molecule has 108 valence electrons. The van der Waals surface area contributed by atoms with Gasteiger partial charge in [0.2, 0.25) is 10.0 Å². The lowest BCUT2D eigenvalue weighted by molar-refractivity contribution is 0.0170. The molecule has 3 N–H and O–H groups in total. The molecule has 0 spiro atoms. The first kappa shape index (κ1) is 16.2. The van der Waals surface area contributed by atoms with E-state index in [1.165, 1.54) is 6.92 Å². The van der Waals surface area contributed by atoms with Crippen LogP contribution >= 0.6 is 11.6 Å². The fourth-order valence-electron chi connectivity index (χ4n) is 1.19. The predicted molar refractivity (Wildman–Crippen MR) is 65.3 cm³/mol. The maximum Gasteiger partial charge on any atom is 0.273 e. The van der Waals surface area contributed by atoms with Gasteiger partial charge in [-0.05, 0) is 24.6 Å². The lowest BCUT2D eigenvalue weighted by Gasteiger charge is -2.15. The van der Waals surface area contributed by atoms with Gasteiger partial charge in [0.25, 0.3) is 5.92 Å². The van der Waals surface area contributed by atoms with Gasteiger partial charge in [-0.25, -0.2) is 26.3 Å². The molecule has 1 rings (SSSR count). The van der Waals surface area contributed by atoms with E-state index in [0.717, 1.165) is 12.1 Å². The molecule has 0 aliphatic rings. The number of nitrogens with two attached hydrogens (primary N) is 1. The lowest BCUT2D eigenvalue weighted by Crippen LogP contribution is -2.41. The van der Waals surface area contributed by atoms with Gasteiger partial charge in [0.15, 0.2) is 0 Å². The maximum atomic E-state index is 13.1. The monoisotopic (exact) mass is 316 g/mol. The summed E-state index contributed by atoms with van der Waals surface area (Å²) in [5, 5.41) is -0.383. The van der Waals surface area contributed by atoms with Crippen LogP contribution in [0.2, 0.25) is 5.02 Å². The van der Waals surface area contributed by atoms with Crippen LogP contribution in [-0.4, -0.2) is 27.4 Å². The van der Waals surface area contributed by atoms with E-state index in [-0.39, 0.29) is 10.6 Å². The molecule has 19 heavy (non-hydrogen) atoms. The molecular weight excluding hydrogens is 305 g/mol. The van der Waals surface area contributed by atoms with E-state index >= 15 is 0 Å². The van der Waals surface area contributed by atoms with Crippen LogP contribution < -0.4 is 10.5 Å². The second kappa shape index (κ2) is 5.66. The van der Waals surface area contributed by atoms with Crippen molar-refractivity contribution in [2.45, 2.75) is 17.7 Å². The standard InChI is InChI=1S/C10H12ClF3N2O2S/c1-6-2-9(7(11)3-8(6)12)19(17,18)16-5-10(13,14)4-15/h2-3,16H,4-5,15H2,1H3. The first-order chi connectivity index (χ1) is 8.59. The minimum Gasteiger partial charge on any atom is -0.325 e. The Bertz CT molecular complexity index is 578. The topological polar surface area (TPSA) is 72.2 Å². The van der Waals surface area contributed by atoms with Crippen LogP contribution in [0.25, 0.3) is 0 Å². The summed E-state index contributed by atoms with van der Waals surface area (Å²) in [6.45, 7) is -0.816. The first-order valence-electron chi connectivity index (χ1n) is 5.12. The van der Waals surface area contributed by atoms with Gasteiger partial charge in [0.05, 0.1) is 18.1 Å². The third kappa shape index (κ3) is 4.07. The van der Waals surface area contributed by atoms with Gasteiger partial charge >= 0.3 is 0 Å². The van der Waals surface area contributed by atoms with Crippen molar-refractivity contribution in [1.82, 2.24) is 4.72 Å².